The number of nitrogens with one attached hydrogen (secondary N) is 1. The van der Waals surface area contributed by atoms with E-state index in [2.05, 4.69) is 39.3 Å². The molecule has 0 unspecified atom stereocenters. The molecule has 1 aromatic carbocycles. The molecule has 0 spiro atoms. The summed E-state index contributed by atoms with van der Waals surface area (Å²) in [4.78, 5) is 11.1. The van der Waals surface area contributed by atoms with Crippen molar-refractivity contribution in [3.63, 3.8) is 0 Å². The summed E-state index contributed by atoms with van der Waals surface area (Å²) >= 11 is 4.75. The van der Waals surface area contributed by atoms with Crippen molar-refractivity contribution in [1.29, 1.82) is 0 Å². The molecule has 0 amide bonds. The highest BCUT2D eigenvalue weighted by molar-refractivity contribution is 8.01. The second-order valence-corrected chi connectivity index (χ2v) is 8.53. The number of aromatic nitrogens is 4. The molecule has 8 heteroatoms. The van der Waals surface area contributed by atoms with E-state index in [0.29, 0.717) is 0 Å². The average molecular weight is 372 g/mol. The Balaban J connectivity index is 1.60. The smallest absolute Gasteiger partial charge is 0.210 e. The number of rotatable bonds is 4. The van der Waals surface area contributed by atoms with Gasteiger partial charge in [0.1, 0.15) is 16.2 Å². The Morgan fingerprint density at radius 2 is 1.83 bits per heavy atom. The number of anilines is 2. The quantitative estimate of drug-likeness (QED) is 0.506. The number of para-hydroxylation sites is 1. The first-order valence-electron chi connectivity index (χ1n) is 7.25. The second kappa shape index (κ2) is 6.46. The molecule has 24 heavy (non-hydrogen) atoms. The predicted octanol–water partition coefficient (Wildman–Crippen LogP) is 5.05. The fourth-order valence-electron chi connectivity index (χ4n) is 2.26. The minimum Gasteiger partial charge on any atom is -0.330 e. The molecule has 0 aliphatic carbocycles. The summed E-state index contributed by atoms with van der Waals surface area (Å²) in [6, 6.07) is 9.95. The monoisotopic (exact) mass is 371 g/mol. The molecule has 0 saturated carbocycles. The van der Waals surface area contributed by atoms with Gasteiger partial charge in [0.2, 0.25) is 5.13 Å². The number of hydrogen-bond acceptors (Lipinski definition) is 8. The summed E-state index contributed by atoms with van der Waals surface area (Å²) < 4.78 is 0.858. The van der Waals surface area contributed by atoms with Gasteiger partial charge in [0.05, 0.1) is 0 Å². The van der Waals surface area contributed by atoms with Gasteiger partial charge >= 0.3 is 0 Å². The first-order chi connectivity index (χ1) is 11.7. The van der Waals surface area contributed by atoms with Crippen molar-refractivity contribution in [2.75, 3.05) is 5.32 Å². The second-order valence-electron chi connectivity index (χ2n) is 5.11. The summed E-state index contributed by atoms with van der Waals surface area (Å²) in [6.07, 6.45) is 1.62. The summed E-state index contributed by atoms with van der Waals surface area (Å²) in [6.45, 7) is 4.23. The first-order valence-corrected chi connectivity index (χ1v) is 9.70. The van der Waals surface area contributed by atoms with E-state index in [1.54, 1.807) is 17.7 Å². The van der Waals surface area contributed by atoms with Gasteiger partial charge in [-0.3, -0.25) is 0 Å². The van der Waals surface area contributed by atoms with Crippen molar-refractivity contribution < 1.29 is 0 Å². The van der Waals surface area contributed by atoms with Crippen molar-refractivity contribution in [2.24, 2.45) is 0 Å². The third-order valence-corrected chi connectivity index (χ3v) is 6.55. The number of hydrogen-bond donors (Lipinski definition) is 1. The number of aryl methyl sites for hydroxylation is 2. The van der Waals surface area contributed by atoms with Gasteiger partial charge in [-0.15, -0.1) is 21.5 Å². The summed E-state index contributed by atoms with van der Waals surface area (Å²) in [5, 5.41) is 14.6. The highest BCUT2D eigenvalue weighted by Crippen LogP contribution is 2.39. The van der Waals surface area contributed by atoms with Gasteiger partial charge in [0, 0.05) is 16.0 Å². The predicted molar refractivity (Wildman–Crippen MR) is 101 cm³/mol. The summed E-state index contributed by atoms with van der Waals surface area (Å²) in [7, 11) is 0. The summed E-state index contributed by atoms with van der Waals surface area (Å²) in [5.74, 6) is 0. The third-order valence-electron chi connectivity index (χ3n) is 3.55. The molecular weight excluding hydrogens is 358 g/mol. The average Bonchev–Trinajstić information content (AvgIpc) is 3.14. The van der Waals surface area contributed by atoms with Crippen molar-refractivity contribution >= 4 is 55.5 Å². The van der Waals surface area contributed by atoms with Crippen molar-refractivity contribution in [1.82, 2.24) is 20.2 Å². The highest BCUT2D eigenvalue weighted by atomic mass is 32.2. The topological polar surface area (TPSA) is 63.6 Å². The van der Waals surface area contributed by atoms with Crippen LogP contribution in [0.15, 0.2) is 46.0 Å². The summed E-state index contributed by atoms with van der Waals surface area (Å²) in [5.41, 5.74) is 2.24. The molecule has 4 rings (SSSR count). The van der Waals surface area contributed by atoms with Crippen LogP contribution >= 0.6 is 34.4 Å². The fraction of sp³-hybridized carbons (Fsp3) is 0.125. The van der Waals surface area contributed by atoms with Crippen LogP contribution in [-0.4, -0.2) is 20.2 Å². The van der Waals surface area contributed by atoms with Crippen molar-refractivity contribution in [3.8, 4) is 0 Å². The molecule has 0 aliphatic heterocycles. The largest absolute Gasteiger partial charge is 0.330 e. The molecule has 0 saturated heterocycles. The van der Waals surface area contributed by atoms with Crippen LogP contribution in [-0.2, 0) is 0 Å². The SMILES string of the molecule is Cc1sc2ncnc(Sc3nnc(Nc4ccccc4)s3)c2c1C. The minimum atomic E-state index is 0.771. The van der Waals surface area contributed by atoms with Gasteiger partial charge in [-0.25, -0.2) is 9.97 Å². The Labute approximate surface area is 151 Å². The van der Waals surface area contributed by atoms with E-state index >= 15 is 0 Å². The molecule has 1 N–H and O–H groups in total. The lowest BCUT2D eigenvalue weighted by Crippen LogP contribution is -1.87. The molecule has 5 nitrogen and oxygen atoms in total. The minimum absolute atomic E-state index is 0.771. The van der Waals surface area contributed by atoms with Crippen molar-refractivity contribution in [3.05, 3.63) is 47.1 Å². The van der Waals surface area contributed by atoms with Gasteiger partial charge in [0.15, 0.2) is 4.34 Å². The first kappa shape index (κ1) is 15.5. The number of nitrogens with zero attached hydrogens (tertiary/aromatic N) is 4. The fourth-order valence-corrected chi connectivity index (χ4v) is 5.15. The lowest BCUT2D eigenvalue weighted by atomic mass is 10.2. The van der Waals surface area contributed by atoms with Crippen LogP contribution in [0.5, 0.6) is 0 Å². The van der Waals surface area contributed by atoms with Crippen LogP contribution in [0.25, 0.3) is 10.2 Å². The molecule has 0 aliphatic rings. The molecule has 4 aromatic rings. The number of benzene rings is 1. The van der Waals surface area contributed by atoms with Gasteiger partial charge in [-0.05, 0) is 43.3 Å². The number of fused-ring (bicyclic) bond motifs is 1. The molecular formula is C16H13N5S3. The third kappa shape index (κ3) is 3.00. The van der Waals surface area contributed by atoms with E-state index in [9.17, 15) is 0 Å². The Morgan fingerprint density at radius 3 is 2.67 bits per heavy atom. The Bertz CT molecular complexity index is 994. The zero-order chi connectivity index (χ0) is 16.5. The van der Waals surface area contributed by atoms with Crippen molar-refractivity contribution in [2.45, 2.75) is 23.2 Å². The Kier molecular flexibility index (Phi) is 4.17. The van der Waals surface area contributed by atoms with Crippen LogP contribution in [0.3, 0.4) is 0 Å². The van der Waals surface area contributed by atoms with E-state index in [1.807, 2.05) is 30.3 Å². The Hall–Kier alpha value is -2.03. The van der Waals surface area contributed by atoms with Crippen LogP contribution < -0.4 is 5.32 Å². The van der Waals surface area contributed by atoms with E-state index in [1.165, 1.54) is 33.5 Å². The highest BCUT2D eigenvalue weighted by Gasteiger charge is 2.15. The molecule has 0 atom stereocenters. The molecule has 0 radical (unpaired) electrons. The van der Waals surface area contributed by atoms with E-state index in [0.717, 1.165) is 30.4 Å². The van der Waals surface area contributed by atoms with Crippen LogP contribution in [0, 0.1) is 13.8 Å². The molecule has 120 valence electrons. The lowest BCUT2D eigenvalue weighted by Gasteiger charge is -2.00. The molecule has 3 aromatic heterocycles. The maximum Gasteiger partial charge on any atom is 0.210 e. The standard InChI is InChI=1S/C16H13N5S3/c1-9-10(2)22-13-12(9)14(18-8-17-13)23-16-21-20-15(24-16)19-11-6-4-3-5-7-11/h3-8H,1-2H3,(H,19,20). The van der Waals surface area contributed by atoms with Crippen LogP contribution in [0.2, 0.25) is 0 Å². The van der Waals surface area contributed by atoms with E-state index in [-0.39, 0.29) is 0 Å². The van der Waals surface area contributed by atoms with E-state index in [4.69, 9.17) is 0 Å². The maximum atomic E-state index is 4.45. The van der Waals surface area contributed by atoms with Gasteiger partial charge in [-0.2, -0.15) is 0 Å². The zero-order valence-corrected chi connectivity index (χ0v) is 15.4. The lowest BCUT2D eigenvalue weighted by molar-refractivity contribution is 1.01. The molecule has 0 fully saturated rings. The Morgan fingerprint density at radius 1 is 1.00 bits per heavy atom. The normalized spacial score (nSPS) is 11.1. The molecule has 0 bridgehead atoms. The van der Waals surface area contributed by atoms with Gasteiger partial charge in [-0.1, -0.05) is 29.5 Å². The number of thiophene rings is 1. The van der Waals surface area contributed by atoms with Crippen LogP contribution in [0.1, 0.15) is 10.4 Å². The van der Waals surface area contributed by atoms with Gasteiger partial charge < -0.3 is 5.32 Å². The van der Waals surface area contributed by atoms with E-state index < -0.39 is 0 Å². The molecule has 3 heterocycles. The van der Waals surface area contributed by atoms with Crippen LogP contribution in [0.4, 0.5) is 10.8 Å². The zero-order valence-electron chi connectivity index (χ0n) is 13.0. The van der Waals surface area contributed by atoms with Gasteiger partial charge in [0.25, 0.3) is 0 Å². The maximum absolute atomic E-state index is 4.45.